The summed E-state index contributed by atoms with van der Waals surface area (Å²) in [7, 11) is 0. The van der Waals surface area contributed by atoms with Crippen LogP contribution >= 0.6 is 0 Å². The molecule has 0 unspecified atom stereocenters. The minimum atomic E-state index is -1.48. The third-order valence-electron chi connectivity index (χ3n) is 6.77. The fourth-order valence-corrected chi connectivity index (χ4v) is 4.45. The molecule has 4 rings (SSSR count). The zero-order chi connectivity index (χ0) is 30.4. The van der Waals surface area contributed by atoms with E-state index < -0.39 is 35.5 Å². The monoisotopic (exact) mass is 564 g/mol. The molecule has 0 radical (unpaired) electrons. The zero-order valence-corrected chi connectivity index (χ0v) is 22.7. The van der Waals surface area contributed by atoms with Gasteiger partial charge >= 0.3 is 0 Å². The lowest BCUT2D eigenvalue weighted by atomic mass is 9.82. The second kappa shape index (κ2) is 12.6. The predicted molar refractivity (Wildman–Crippen MR) is 154 cm³/mol. The fraction of sp³-hybridized carbons (Fsp3) is 0.200. The molecular formula is C30H24N6O6. The molecule has 12 nitrogen and oxygen atoms in total. The standard InChI is InChI=1S/C30H24N6O6/c1-16-4-7-19(10-22(16)31-13-37)34-25-28(40)26(35-20-8-5-17(2)23(11-20)32-14-38)30(42)27(29(25)41)36-21-9-6-18(3)24(12-21)33-15-39/h4-12,25-27,34-36H,1-3H3. The van der Waals surface area contributed by atoms with Crippen LogP contribution in [-0.4, -0.2) is 53.7 Å². The molecule has 1 saturated carbocycles. The first kappa shape index (κ1) is 29.2. The van der Waals surface area contributed by atoms with Crippen molar-refractivity contribution in [1.29, 1.82) is 0 Å². The molecule has 1 fully saturated rings. The maximum absolute atomic E-state index is 13.7. The molecule has 0 spiro atoms. The topological polar surface area (TPSA) is 176 Å². The first-order chi connectivity index (χ1) is 20.2. The first-order valence-electron chi connectivity index (χ1n) is 12.6. The Morgan fingerprint density at radius 3 is 1.00 bits per heavy atom. The highest BCUT2D eigenvalue weighted by Gasteiger charge is 2.49. The summed E-state index contributed by atoms with van der Waals surface area (Å²) in [4.78, 5) is 84.5. The van der Waals surface area contributed by atoms with Gasteiger partial charge in [-0.15, -0.1) is 0 Å². The van der Waals surface area contributed by atoms with Crippen LogP contribution in [0, 0.1) is 20.8 Å². The van der Waals surface area contributed by atoms with Crippen molar-refractivity contribution in [1.82, 2.24) is 0 Å². The molecule has 210 valence electrons. The summed E-state index contributed by atoms with van der Waals surface area (Å²) < 4.78 is 0. The highest BCUT2D eigenvalue weighted by Crippen LogP contribution is 2.29. The molecule has 42 heavy (non-hydrogen) atoms. The summed E-state index contributed by atoms with van der Waals surface area (Å²) in [5, 5.41) is 8.64. The van der Waals surface area contributed by atoms with Crippen molar-refractivity contribution < 1.29 is 28.8 Å². The van der Waals surface area contributed by atoms with Gasteiger partial charge in [0.2, 0.25) is 18.2 Å². The minimum absolute atomic E-state index is 0.289. The lowest BCUT2D eigenvalue weighted by Crippen LogP contribution is -2.64. The van der Waals surface area contributed by atoms with Gasteiger partial charge in [0.25, 0.3) is 0 Å². The molecule has 0 bridgehead atoms. The number of isocyanates is 3. The van der Waals surface area contributed by atoms with E-state index in [4.69, 9.17) is 0 Å². The van der Waals surface area contributed by atoms with E-state index in [1.54, 1.807) is 57.2 Å². The van der Waals surface area contributed by atoms with Gasteiger partial charge in [0.15, 0.2) is 17.3 Å². The van der Waals surface area contributed by atoms with Gasteiger partial charge in [-0.1, -0.05) is 18.2 Å². The molecule has 0 amide bonds. The maximum Gasteiger partial charge on any atom is 0.240 e. The molecule has 3 aromatic carbocycles. The Labute approximate surface area is 239 Å². The number of hydrogen-bond acceptors (Lipinski definition) is 12. The fourth-order valence-electron chi connectivity index (χ4n) is 4.45. The summed E-state index contributed by atoms with van der Waals surface area (Å²) in [5.41, 5.74) is 3.80. The van der Waals surface area contributed by atoms with Crippen LogP contribution in [-0.2, 0) is 28.8 Å². The van der Waals surface area contributed by atoms with Crippen LogP contribution in [0.3, 0.4) is 0 Å². The van der Waals surface area contributed by atoms with Crippen molar-refractivity contribution in [3.8, 4) is 0 Å². The number of carbonyl (C=O) groups is 3. The summed E-state index contributed by atoms with van der Waals surface area (Å²) in [6.07, 6.45) is 4.40. The summed E-state index contributed by atoms with van der Waals surface area (Å²) in [5.74, 6) is -2.25. The number of nitrogens with zero attached hydrogens (tertiary/aromatic N) is 3. The quantitative estimate of drug-likeness (QED) is 0.197. The number of aliphatic imine (C=N–C) groups is 3. The van der Waals surface area contributed by atoms with Crippen LogP contribution in [0.1, 0.15) is 16.7 Å². The molecular weight excluding hydrogens is 540 g/mol. The molecule has 1 aliphatic rings. The molecule has 1 aliphatic carbocycles. The Morgan fingerprint density at radius 2 is 0.762 bits per heavy atom. The van der Waals surface area contributed by atoms with Gasteiger partial charge < -0.3 is 16.0 Å². The highest BCUT2D eigenvalue weighted by atomic mass is 16.2. The molecule has 0 aliphatic heterocycles. The Hall–Kier alpha value is -5.79. The molecule has 0 saturated heterocycles. The number of anilines is 3. The van der Waals surface area contributed by atoms with Crippen molar-refractivity contribution in [2.45, 2.75) is 38.9 Å². The van der Waals surface area contributed by atoms with Crippen molar-refractivity contribution in [3.63, 3.8) is 0 Å². The van der Waals surface area contributed by atoms with E-state index in [1.165, 1.54) is 36.4 Å². The van der Waals surface area contributed by atoms with E-state index >= 15 is 0 Å². The Balaban J connectivity index is 1.74. The summed E-state index contributed by atoms with van der Waals surface area (Å²) >= 11 is 0. The number of carbonyl (C=O) groups excluding carboxylic acids is 6. The van der Waals surface area contributed by atoms with Gasteiger partial charge in [0.05, 0.1) is 17.1 Å². The SMILES string of the molecule is Cc1ccc(NC2C(=O)C(Nc3ccc(C)c(N=C=O)c3)C(=O)C(Nc3ccc(C)c(N=C=O)c3)C2=O)cc1N=C=O. The Bertz CT molecular complexity index is 1530. The highest BCUT2D eigenvalue weighted by molar-refractivity contribution is 6.33. The van der Waals surface area contributed by atoms with Crippen molar-refractivity contribution in [2.24, 2.45) is 15.0 Å². The molecule has 0 aromatic heterocycles. The zero-order valence-electron chi connectivity index (χ0n) is 22.7. The van der Waals surface area contributed by atoms with Crippen LogP contribution in [0.4, 0.5) is 34.1 Å². The summed E-state index contributed by atoms with van der Waals surface area (Å²) in [6.45, 7) is 5.18. The van der Waals surface area contributed by atoms with E-state index in [9.17, 15) is 28.8 Å². The number of Topliss-reactive ketones (excluding diaryl/α,β-unsaturated/α-hetero) is 3. The number of benzene rings is 3. The number of nitrogens with one attached hydrogen (secondary N) is 3. The van der Waals surface area contributed by atoms with E-state index in [1.807, 2.05) is 0 Å². The normalized spacial score (nSPS) is 17.8. The van der Waals surface area contributed by atoms with Gasteiger partial charge in [-0.3, -0.25) is 14.4 Å². The minimum Gasteiger partial charge on any atom is -0.369 e. The Kier molecular flexibility index (Phi) is 8.75. The third-order valence-corrected chi connectivity index (χ3v) is 6.77. The van der Waals surface area contributed by atoms with Crippen LogP contribution in [0.2, 0.25) is 0 Å². The average molecular weight is 565 g/mol. The van der Waals surface area contributed by atoms with Gasteiger partial charge in [0.1, 0.15) is 18.1 Å². The van der Waals surface area contributed by atoms with E-state index in [0.717, 1.165) is 0 Å². The summed E-state index contributed by atoms with van der Waals surface area (Å²) in [6, 6.07) is 9.76. The number of aryl methyl sites for hydroxylation is 3. The first-order valence-corrected chi connectivity index (χ1v) is 12.6. The third kappa shape index (κ3) is 6.17. The number of rotatable bonds is 9. The Morgan fingerprint density at radius 1 is 0.500 bits per heavy atom. The van der Waals surface area contributed by atoms with Gasteiger partial charge in [-0.05, 0) is 73.9 Å². The van der Waals surface area contributed by atoms with Crippen LogP contribution in [0.15, 0.2) is 69.6 Å². The average Bonchev–Trinajstić information content (AvgIpc) is 2.97. The molecule has 3 aromatic rings. The van der Waals surface area contributed by atoms with E-state index in [0.29, 0.717) is 33.8 Å². The predicted octanol–water partition coefficient (Wildman–Crippen LogP) is 3.98. The molecule has 0 heterocycles. The van der Waals surface area contributed by atoms with Crippen molar-refractivity contribution in [2.75, 3.05) is 16.0 Å². The largest absolute Gasteiger partial charge is 0.369 e. The molecule has 0 atom stereocenters. The van der Waals surface area contributed by atoms with E-state index in [2.05, 4.69) is 30.9 Å². The maximum atomic E-state index is 13.7. The number of hydrogen-bond donors (Lipinski definition) is 3. The molecule has 12 heteroatoms. The van der Waals surface area contributed by atoms with Gasteiger partial charge in [0, 0.05) is 17.1 Å². The number of ketones is 3. The lowest BCUT2D eigenvalue weighted by molar-refractivity contribution is -0.139. The van der Waals surface area contributed by atoms with Gasteiger partial charge in [-0.25, -0.2) is 14.4 Å². The second-order valence-corrected chi connectivity index (χ2v) is 9.55. The van der Waals surface area contributed by atoms with Crippen LogP contribution < -0.4 is 16.0 Å². The van der Waals surface area contributed by atoms with Crippen molar-refractivity contribution in [3.05, 3.63) is 71.3 Å². The smallest absolute Gasteiger partial charge is 0.240 e. The second-order valence-electron chi connectivity index (χ2n) is 9.55. The van der Waals surface area contributed by atoms with Gasteiger partial charge in [-0.2, -0.15) is 15.0 Å². The van der Waals surface area contributed by atoms with Crippen LogP contribution in [0.25, 0.3) is 0 Å². The van der Waals surface area contributed by atoms with Crippen molar-refractivity contribution >= 4 is 69.7 Å². The molecule has 3 N–H and O–H groups in total. The van der Waals surface area contributed by atoms with E-state index in [-0.39, 0.29) is 17.1 Å². The van der Waals surface area contributed by atoms with Crippen LogP contribution in [0.5, 0.6) is 0 Å². The lowest BCUT2D eigenvalue weighted by Gasteiger charge is -2.34.